The summed E-state index contributed by atoms with van der Waals surface area (Å²) in [7, 11) is 0. The minimum atomic E-state index is -0.751. The number of fused-ring (bicyclic) bond motifs is 13. The molecule has 0 fully saturated rings. The van der Waals surface area contributed by atoms with Crippen LogP contribution >= 0.6 is 0 Å². The molecule has 60 heavy (non-hydrogen) atoms. The lowest BCUT2D eigenvalue weighted by molar-refractivity contribution is 0.477. The smallest absolute Gasteiger partial charge is 0.151 e. The summed E-state index contributed by atoms with van der Waals surface area (Å²) in [5.74, 6) is 3.26. The third-order valence-corrected chi connectivity index (χ3v) is 12.4. The van der Waals surface area contributed by atoms with Crippen LogP contribution in [0.4, 0.5) is 51.2 Å². The van der Waals surface area contributed by atoms with E-state index in [-0.39, 0.29) is 0 Å². The first-order valence-corrected chi connectivity index (χ1v) is 20.3. The van der Waals surface area contributed by atoms with Crippen LogP contribution in [0.2, 0.25) is 0 Å². The highest BCUT2D eigenvalue weighted by molar-refractivity contribution is 5.98. The van der Waals surface area contributed by atoms with Crippen molar-refractivity contribution >= 4 is 51.2 Å². The van der Waals surface area contributed by atoms with Gasteiger partial charge in [0.1, 0.15) is 0 Å². The summed E-state index contributed by atoms with van der Waals surface area (Å²) in [4.78, 5) is 12.3. The van der Waals surface area contributed by atoms with Gasteiger partial charge in [-0.2, -0.15) is 0 Å². The molecule has 1 aliphatic carbocycles. The molecule has 3 aliphatic heterocycles. The van der Waals surface area contributed by atoms with Crippen molar-refractivity contribution in [3.05, 3.63) is 229 Å². The highest BCUT2D eigenvalue weighted by Crippen LogP contribution is 2.65. The fourth-order valence-electron chi connectivity index (χ4n) is 10.1. The van der Waals surface area contributed by atoms with Crippen molar-refractivity contribution in [2.45, 2.75) is 5.41 Å². The number of rotatable bonds is 3. The third-order valence-electron chi connectivity index (χ3n) is 12.4. The van der Waals surface area contributed by atoms with Crippen LogP contribution in [0.25, 0.3) is 11.3 Å². The maximum absolute atomic E-state index is 6.50. The molecule has 13 rings (SSSR count). The summed E-state index contributed by atoms with van der Waals surface area (Å²) in [6.45, 7) is 0. The molecule has 0 amide bonds. The Morgan fingerprint density at radius 1 is 0.333 bits per heavy atom. The zero-order valence-corrected chi connectivity index (χ0v) is 32.2. The number of benzene rings is 8. The second-order valence-corrected chi connectivity index (χ2v) is 15.5. The van der Waals surface area contributed by atoms with E-state index in [2.05, 4.69) is 166 Å². The van der Waals surface area contributed by atoms with Crippen molar-refractivity contribution < 1.29 is 9.47 Å². The third kappa shape index (κ3) is 4.44. The van der Waals surface area contributed by atoms with E-state index in [4.69, 9.17) is 14.5 Å². The Balaban J connectivity index is 1.15. The molecule has 1 aromatic heterocycles. The maximum atomic E-state index is 6.50. The zero-order chi connectivity index (χ0) is 39.4. The van der Waals surface area contributed by atoms with E-state index in [0.717, 1.165) is 102 Å². The number of pyridine rings is 1. The number of aromatic nitrogens is 1. The van der Waals surface area contributed by atoms with Gasteiger partial charge in [-0.1, -0.05) is 97.1 Å². The van der Waals surface area contributed by atoms with Crippen LogP contribution < -0.4 is 24.2 Å². The van der Waals surface area contributed by atoms with Crippen LogP contribution in [0.3, 0.4) is 0 Å². The van der Waals surface area contributed by atoms with Crippen molar-refractivity contribution in [2.24, 2.45) is 0 Å². The molecule has 0 saturated carbocycles. The van der Waals surface area contributed by atoms with Gasteiger partial charge in [0.2, 0.25) is 0 Å². The Kier molecular flexibility index (Phi) is 6.84. The Hall–Kier alpha value is -8.09. The largest absolute Gasteiger partial charge is 0.453 e. The minimum absolute atomic E-state index is 0.751. The topological polar surface area (TPSA) is 41.1 Å². The van der Waals surface area contributed by atoms with Gasteiger partial charge in [-0.15, -0.1) is 0 Å². The maximum Gasteiger partial charge on any atom is 0.151 e. The predicted octanol–water partition coefficient (Wildman–Crippen LogP) is 14.4. The average molecular weight is 771 g/mol. The molecule has 6 nitrogen and oxygen atoms in total. The summed E-state index contributed by atoms with van der Waals surface area (Å²) in [5.41, 5.74) is 15.4. The van der Waals surface area contributed by atoms with Gasteiger partial charge in [0.25, 0.3) is 0 Å². The monoisotopic (exact) mass is 770 g/mol. The van der Waals surface area contributed by atoms with E-state index < -0.39 is 5.41 Å². The lowest BCUT2D eigenvalue weighted by atomic mass is 9.64. The molecule has 0 unspecified atom stereocenters. The highest BCUT2D eigenvalue weighted by Gasteiger charge is 2.53. The molecule has 1 spiro atoms. The van der Waals surface area contributed by atoms with E-state index in [1.54, 1.807) is 0 Å². The Bertz CT molecular complexity index is 2930. The first-order chi connectivity index (χ1) is 29.8. The van der Waals surface area contributed by atoms with Gasteiger partial charge in [-0.05, 0) is 125 Å². The minimum Gasteiger partial charge on any atom is -0.453 e. The Labute approximate surface area is 347 Å². The van der Waals surface area contributed by atoms with E-state index in [1.807, 2.05) is 54.7 Å². The highest BCUT2D eigenvalue weighted by atomic mass is 16.5. The van der Waals surface area contributed by atoms with Gasteiger partial charge >= 0.3 is 0 Å². The van der Waals surface area contributed by atoms with Crippen LogP contribution in [0.1, 0.15) is 22.3 Å². The number of nitrogens with zero attached hydrogens (tertiary/aromatic N) is 4. The molecule has 0 N–H and O–H groups in total. The quantitative estimate of drug-likeness (QED) is 0.178. The Morgan fingerprint density at radius 3 is 1.30 bits per heavy atom. The van der Waals surface area contributed by atoms with E-state index in [9.17, 15) is 0 Å². The van der Waals surface area contributed by atoms with Gasteiger partial charge in [0.15, 0.2) is 23.0 Å². The van der Waals surface area contributed by atoms with Crippen LogP contribution in [0, 0.1) is 0 Å². The van der Waals surface area contributed by atoms with Crippen molar-refractivity contribution in [2.75, 3.05) is 14.7 Å². The summed E-state index contributed by atoms with van der Waals surface area (Å²) < 4.78 is 13.0. The average Bonchev–Trinajstić information content (AvgIpc) is 3.61. The molecule has 0 radical (unpaired) electrons. The summed E-state index contributed by atoms with van der Waals surface area (Å²) in [5, 5.41) is 0. The number of ether oxygens (including phenoxy) is 2. The number of anilines is 9. The molecule has 6 heteroatoms. The SMILES string of the molecule is c1ccc(N2c3ccc(N4c5ccccc5Oc5ccccc54)cc3C3(c4ccccc4-c4ncccc43)c3cc(N4c5ccccc5Oc5ccccc54)ccc32)cc1. The lowest BCUT2D eigenvalue weighted by Gasteiger charge is -2.46. The molecule has 4 aliphatic rings. The van der Waals surface area contributed by atoms with Crippen LogP contribution in [0.5, 0.6) is 23.0 Å². The van der Waals surface area contributed by atoms with Crippen molar-refractivity contribution in [3.63, 3.8) is 0 Å². The van der Waals surface area contributed by atoms with Gasteiger partial charge in [0, 0.05) is 28.8 Å². The van der Waals surface area contributed by atoms with Crippen LogP contribution in [0.15, 0.2) is 206 Å². The summed E-state index contributed by atoms with van der Waals surface area (Å²) >= 11 is 0. The first kappa shape index (κ1) is 32.9. The molecular weight excluding hydrogens is 737 g/mol. The molecule has 0 saturated heterocycles. The molecule has 8 aromatic carbocycles. The molecule has 9 aromatic rings. The number of hydrogen-bond acceptors (Lipinski definition) is 6. The van der Waals surface area contributed by atoms with Gasteiger partial charge in [-0.25, -0.2) is 0 Å². The van der Waals surface area contributed by atoms with E-state index in [1.165, 1.54) is 5.56 Å². The predicted molar refractivity (Wildman–Crippen MR) is 239 cm³/mol. The van der Waals surface area contributed by atoms with Gasteiger partial charge in [-0.3, -0.25) is 4.98 Å². The normalized spacial score (nSPS) is 14.3. The molecular formula is C54H34N4O2. The zero-order valence-electron chi connectivity index (χ0n) is 32.2. The summed E-state index contributed by atoms with van der Waals surface area (Å²) in [6.07, 6.45) is 1.92. The van der Waals surface area contributed by atoms with Crippen LogP contribution in [-0.4, -0.2) is 4.98 Å². The van der Waals surface area contributed by atoms with E-state index in [0.29, 0.717) is 0 Å². The fraction of sp³-hybridized carbons (Fsp3) is 0.0185. The Morgan fingerprint density at radius 2 is 0.767 bits per heavy atom. The molecule has 0 atom stereocenters. The second kappa shape index (κ2) is 12.5. The molecule has 4 heterocycles. The molecule has 0 bridgehead atoms. The fourth-order valence-corrected chi connectivity index (χ4v) is 10.1. The standard InChI is InChI=1S/C54H34N4O2/c1-2-15-35(16-3-1)56-43-30-28-36(57-45-20-6-10-24-49(45)59-50-25-11-7-21-46(50)57)33-41(43)54(39-18-5-4-17-38(39)53-40(54)19-14-32-55-53)42-34-37(29-31-44(42)56)58-47-22-8-12-26-51(47)60-52-27-13-9-23-48(52)58/h1-34H. The van der Waals surface area contributed by atoms with Crippen LogP contribution in [-0.2, 0) is 5.41 Å². The van der Waals surface area contributed by atoms with Crippen molar-refractivity contribution in [3.8, 4) is 34.3 Å². The van der Waals surface area contributed by atoms with Gasteiger partial charge < -0.3 is 24.2 Å². The van der Waals surface area contributed by atoms with Gasteiger partial charge in [0.05, 0.1) is 45.2 Å². The molecule has 282 valence electrons. The van der Waals surface area contributed by atoms with Crippen molar-refractivity contribution in [1.29, 1.82) is 0 Å². The van der Waals surface area contributed by atoms with E-state index >= 15 is 0 Å². The first-order valence-electron chi connectivity index (χ1n) is 20.3. The lowest BCUT2D eigenvalue weighted by Crippen LogP contribution is -2.36. The number of hydrogen-bond donors (Lipinski definition) is 0. The van der Waals surface area contributed by atoms with Crippen molar-refractivity contribution in [1.82, 2.24) is 4.98 Å². The summed E-state index contributed by atoms with van der Waals surface area (Å²) in [6, 6.07) is 71.1. The number of para-hydroxylation sites is 9. The second-order valence-electron chi connectivity index (χ2n) is 15.5.